The molecule has 0 bridgehead atoms. The third kappa shape index (κ3) is 3.46. The predicted molar refractivity (Wildman–Crippen MR) is 99.6 cm³/mol. The molecule has 2 aromatic carbocycles. The van der Waals surface area contributed by atoms with Crippen molar-refractivity contribution in [3.63, 3.8) is 0 Å². The van der Waals surface area contributed by atoms with Crippen LogP contribution in [0.3, 0.4) is 0 Å². The first-order chi connectivity index (χ1) is 12.5. The molecular weight excluding hydrogens is 332 g/mol. The topological polar surface area (TPSA) is 96.6 Å². The molecule has 0 saturated heterocycles. The van der Waals surface area contributed by atoms with Gasteiger partial charge in [0.05, 0.1) is 17.6 Å². The van der Waals surface area contributed by atoms with E-state index in [4.69, 9.17) is 0 Å². The Labute approximate surface area is 149 Å². The molecule has 3 aromatic rings. The standard InChI is InChI=1S/C19H18N4O3/c1-12(2)23-19(26)16-9-4-3-8-15(16)17(22-23)18(25)21-20-11-13-6-5-7-14(24)10-13/h3-12,24H,1-2H3,(H,21,25)/b20-11+. The fourth-order valence-corrected chi connectivity index (χ4v) is 2.55. The van der Waals surface area contributed by atoms with Crippen LogP contribution in [0, 0.1) is 0 Å². The molecule has 1 amide bonds. The fourth-order valence-electron chi connectivity index (χ4n) is 2.55. The molecule has 0 unspecified atom stereocenters. The maximum atomic E-state index is 12.5. The zero-order valence-corrected chi connectivity index (χ0v) is 14.4. The Morgan fingerprint density at radius 3 is 2.62 bits per heavy atom. The second-order valence-corrected chi connectivity index (χ2v) is 6.03. The summed E-state index contributed by atoms with van der Waals surface area (Å²) in [6.07, 6.45) is 1.41. The van der Waals surface area contributed by atoms with E-state index in [1.807, 2.05) is 13.8 Å². The highest BCUT2D eigenvalue weighted by atomic mass is 16.3. The summed E-state index contributed by atoms with van der Waals surface area (Å²) >= 11 is 0. The number of benzene rings is 2. The zero-order chi connectivity index (χ0) is 18.7. The molecule has 0 atom stereocenters. The minimum atomic E-state index is -0.521. The van der Waals surface area contributed by atoms with Crippen LogP contribution in [0.15, 0.2) is 58.4 Å². The van der Waals surface area contributed by atoms with Gasteiger partial charge >= 0.3 is 0 Å². The summed E-state index contributed by atoms with van der Waals surface area (Å²) in [6, 6.07) is 13.1. The monoisotopic (exact) mass is 350 g/mol. The number of phenolic OH excluding ortho intramolecular Hbond substituents is 1. The Bertz CT molecular complexity index is 1050. The van der Waals surface area contributed by atoms with Crippen molar-refractivity contribution >= 4 is 22.9 Å². The minimum absolute atomic E-state index is 0.108. The number of aromatic nitrogens is 2. The first-order valence-corrected chi connectivity index (χ1v) is 8.11. The molecular formula is C19H18N4O3. The number of hydrogen-bond donors (Lipinski definition) is 2. The molecule has 0 aliphatic heterocycles. The van der Waals surface area contributed by atoms with Crippen LogP contribution in [0.4, 0.5) is 0 Å². The quantitative estimate of drug-likeness (QED) is 0.558. The average molecular weight is 350 g/mol. The number of nitrogens with one attached hydrogen (secondary N) is 1. The molecule has 0 fully saturated rings. The molecule has 0 radical (unpaired) electrons. The van der Waals surface area contributed by atoms with Gasteiger partial charge in [0.15, 0.2) is 5.69 Å². The van der Waals surface area contributed by atoms with Crippen LogP contribution < -0.4 is 11.0 Å². The number of carbonyl (C=O) groups excluding carboxylic acids is 1. The van der Waals surface area contributed by atoms with Crippen molar-refractivity contribution in [2.24, 2.45) is 5.10 Å². The van der Waals surface area contributed by atoms with Gasteiger partial charge in [-0.25, -0.2) is 10.1 Å². The Morgan fingerprint density at radius 2 is 1.92 bits per heavy atom. The molecule has 132 valence electrons. The average Bonchev–Trinajstić information content (AvgIpc) is 2.62. The van der Waals surface area contributed by atoms with Crippen LogP contribution >= 0.6 is 0 Å². The number of amides is 1. The van der Waals surface area contributed by atoms with E-state index in [9.17, 15) is 14.7 Å². The summed E-state index contributed by atoms with van der Waals surface area (Å²) < 4.78 is 1.29. The molecule has 26 heavy (non-hydrogen) atoms. The van der Waals surface area contributed by atoms with Crippen LogP contribution in [-0.2, 0) is 0 Å². The Kier molecular flexibility index (Phi) is 4.79. The van der Waals surface area contributed by atoms with E-state index in [1.54, 1.807) is 42.5 Å². The molecule has 2 N–H and O–H groups in total. The van der Waals surface area contributed by atoms with Gasteiger partial charge in [0, 0.05) is 5.39 Å². The van der Waals surface area contributed by atoms with Crippen molar-refractivity contribution in [2.45, 2.75) is 19.9 Å². The number of nitrogens with zero attached hydrogens (tertiary/aromatic N) is 3. The summed E-state index contributed by atoms with van der Waals surface area (Å²) in [4.78, 5) is 25.0. The van der Waals surface area contributed by atoms with Crippen LogP contribution in [0.5, 0.6) is 5.75 Å². The normalized spacial score (nSPS) is 11.3. The van der Waals surface area contributed by atoms with E-state index >= 15 is 0 Å². The molecule has 3 rings (SSSR count). The van der Waals surface area contributed by atoms with Gasteiger partial charge < -0.3 is 5.11 Å². The van der Waals surface area contributed by atoms with Crippen LogP contribution in [0.1, 0.15) is 35.9 Å². The van der Waals surface area contributed by atoms with Crippen molar-refractivity contribution in [3.05, 3.63) is 70.1 Å². The van der Waals surface area contributed by atoms with Crippen LogP contribution in [0.2, 0.25) is 0 Å². The Morgan fingerprint density at radius 1 is 1.19 bits per heavy atom. The van der Waals surface area contributed by atoms with Gasteiger partial charge in [-0.3, -0.25) is 9.59 Å². The van der Waals surface area contributed by atoms with Crippen molar-refractivity contribution in [1.29, 1.82) is 0 Å². The Balaban J connectivity index is 1.95. The Hall–Kier alpha value is -3.48. The predicted octanol–water partition coefficient (Wildman–Crippen LogP) is 2.45. The van der Waals surface area contributed by atoms with E-state index in [0.29, 0.717) is 16.3 Å². The third-order valence-corrected chi connectivity index (χ3v) is 3.78. The number of hydrazone groups is 1. The lowest BCUT2D eigenvalue weighted by Crippen LogP contribution is -2.30. The largest absolute Gasteiger partial charge is 0.508 e. The number of rotatable bonds is 4. The van der Waals surface area contributed by atoms with E-state index in [1.165, 1.54) is 17.0 Å². The zero-order valence-electron chi connectivity index (χ0n) is 14.4. The molecule has 7 nitrogen and oxygen atoms in total. The highest BCUT2D eigenvalue weighted by Gasteiger charge is 2.17. The van der Waals surface area contributed by atoms with Gasteiger partial charge in [0.25, 0.3) is 11.5 Å². The van der Waals surface area contributed by atoms with Gasteiger partial charge in [0.2, 0.25) is 0 Å². The smallest absolute Gasteiger partial charge is 0.292 e. The number of hydrogen-bond acceptors (Lipinski definition) is 5. The highest BCUT2D eigenvalue weighted by molar-refractivity contribution is 6.04. The highest BCUT2D eigenvalue weighted by Crippen LogP contribution is 2.15. The second kappa shape index (κ2) is 7.18. The molecule has 1 aromatic heterocycles. The van der Waals surface area contributed by atoms with Gasteiger partial charge in [-0.05, 0) is 37.6 Å². The van der Waals surface area contributed by atoms with Crippen LogP contribution in [-0.4, -0.2) is 27.0 Å². The van der Waals surface area contributed by atoms with E-state index in [-0.39, 0.29) is 23.0 Å². The van der Waals surface area contributed by atoms with Crippen molar-refractivity contribution in [2.75, 3.05) is 0 Å². The number of fused-ring (bicyclic) bond motifs is 1. The van der Waals surface area contributed by atoms with Crippen molar-refractivity contribution in [1.82, 2.24) is 15.2 Å². The number of aromatic hydroxyl groups is 1. The summed E-state index contributed by atoms with van der Waals surface area (Å²) in [6.45, 7) is 3.65. The fraction of sp³-hybridized carbons (Fsp3) is 0.158. The first kappa shape index (κ1) is 17.3. The van der Waals surface area contributed by atoms with Crippen molar-refractivity contribution < 1.29 is 9.90 Å². The van der Waals surface area contributed by atoms with E-state index in [2.05, 4.69) is 15.6 Å². The molecule has 1 heterocycles. The summed E-state index contributed by atoms with van der Waals surface area (Å²) in [5.41, 5.74) is 2.94. The van der Waals surface area contributed by atoms with Gasteiger partial charge in [-0.15, -0.1) is 0 Å². The molecule has 0 aliphatic carbocycles. The van der Waals surface area contributed by atoms with E-state index < -0.39 is 5.91 Å². The lowest BCUT2D eigenvalue weighted by Gasteiger charge is -2.12. The molecule has 0 saturated carbocycles. The third-order valence-electron chi connectivity index (χ3n) is 3.78. The number of carbonyl (C=O) groups is 1. The maximum Gasteiger partial charge on any atom is 0.292 e. The minimum Gasteiger partial charge on any atom is -0.508 e. The van der Waals surface area contributed by atoms with Gasteiger partial charge in [0.1, 0.15) is 5.75 Å². The lowest BCUT2D eigenvalue weighted by atomic mass is 10.1. The van der Waals surface area contributed by atoms with Gasteiger partial charge in [-0.2, -0.15) is 10.2 Å². The molecule has 0 spiro atoms. The summed E-state index contributed by atoms with van der Waals surface area (Å²) in [5, 5.41) is 18.5. The molecule has 7 heteroatoms. The number of phenols is 1. The van der Waals surface area contributed by atoms with Crippen LogP contribution in [0.25, 0.3) is 10.8 Å². The second-order valence-electron chi connectivity index (χ2n) is 6.03. The summed E-state index contributed by atoms with van der Waals surface area (Å²) in [5.74, 6) is -0.413. The van der Waals surface area contributed by atoms with E-state index in [0.717, 1.165) is 0 Å². The first-order valence-electron chi connectivity index (χ1n) is 8.11. The molecule has 0 aliphatic rings. The van der Waals surface area contributed by atoms with Gasteiger partial charge in [-0.1, -0.05) is 30.3 Å². The maximum absolute atomic E-state index is 12.5. The van der Waals surface area contributed by atoms with Crippen molar-refractivity contribution in [3.8, 4) is 5.75 Å². The lowest BCUT2D eigenvalue weighted by molar-refractivity contribution is 0.0949. The SMILES string of the molecule is CC(C)n1nc(C(=O)N/N=C/c2cccc(O)c2)c2ccccc2c1=O. The summed E-state index contributed by atoms with van der Waals surface area (Å²) in [7, 11) is 0.